The molecule has 0 aliphatic carbocycles. The van der Waals surface area contributed by atoms with Gasteiger partial charge in [0.25, 0.3) is 0 Å². The fourth-order valence-corrected chi connectivity index (χ4v) is 2.29. The first-order chi connectivity index (χ1) is 9.63. The minimum Gasteiger partial charge on any atom is -0.347 e. The second-order valence-corrected chi connectivity index (χ2v) is 5.12. The van der Waals surface area contributed by atoms with E-state index in [4.69, 9.17) is 0 Å². The van der Waals surface area contributed by atoms with Crippen molar-refractivity contribution in [1.82, 2.24) is 5.32 Å². The molecular formula is C14H13FN2O2S. The smallest absolute Gasteiger partial charge is 0.243 e. The Balaban J connectivity index is 1.76. The minimum absolute atomic E-state index is 0.138. The molecule has 104 valence electrons. The number of nitrogens with one attached hydrogen (secondary N) is 2. The topological polar surface area (TPSA) is 58.2 Å². The van der Waals surface area contributed by atoms with Crippen LogP contribution in [0.25, 0.3) is 0 Å². The van der Waals surface area contributed by atoms with Crippen molar-refractivity contribution < 1.29 is 14.0 Å². The van der Waals surface area contributed by atoms with Crippen molar-refractivity contribution in [3.05, 3.63) is 52.5 Å². The molecule has 0 saturated carbocycles. The summed E-state index contributed by atoms with van der Waals surface area (Å²) in [4.78, 5) is 24.1. The molecule has 0 radical (unpaired) electrons. The van der Waals surface area contributed by atoms with Crippen molar-refractivity contribution in [1.29, 1.82) is 0 Å². The Morgan fingerprint density at radius 3 is 2.70 bits per heavy atom. The Bertz CT molecular complexity index is 599. The Morgan fingerprint density at radius 2 is 2.00 bits per heavy atom. The highest BCUT2D eigenvalue weighted by Crippen LogP contribution is 2.09. The van der Waals surface area contributed by atoms with Gasteiger partial charge in [0, 0.05) is 10.6 Å². The molecule has 0 aliphatic rings. The molecule has 6 heteroatoms. The molecule has 0 spiro atoms. The number of anilines is 1. The highest BCUT2D eigenvalue weighted by molar-refractivity contribution is 7.10. The van der Waals surface area contributed by atoms with E-state index in [0.29, 0.717) is 5.69 Å². The lowest BCUT2D eigenvalue weighted by Gasteiger charge is -2.06. The number of thiophene rings is 1. The van der Waals surface area contributed by atoms with Crippen LogP contribution in [0.2, 0.25) is 0 Å². The number of amides is 2. The van der Waals surface area contributed by atoms with E-state index in [1.807, 2.05) is 17.5 Å². The summed E-state index contributed by atoms with van der Waals surface area (Å²) in [6.07, 6.45) is 0.255. The molecular weight excluding hydrogens is 279 g/mol. The molecule has 0 atom stereocenters. The molecule has 0 aliphatic heterocycles. The predicted molar refractivity (Wildman–Crippen MR) is 76.1 cm³/mol. The van der Waals surface area contributed by atoms with Gasteiger partial charge in [0.05, 0.1) is 13.0 Å². The van der Waals surface area contributed by atoms with Gasteiger partial charge in [0.1, 0.15) is 5.82 Å². The van der Waals surface area contributed by atoms with Crippen LogP contribution in [0.4, 0.5) is 10.1 Å². The van der Waals surface area contributed by atoms with Crippen LogP contribution in [0, 0.1) is 5.82 Å². The van der Waals surface area contributed by atoms with Gasteiger partial charge in [-0.15, -0.1) is 11.3 Å². The quantitative estimate of drug-likeness (QED) is 0.887. The normalized spacial score (nSPS) is 10.1. The van der Waals surface area contributed by atoms with Gasteiger partial charge in [0.2, 0.25) is 11.8 Å². The third-order valence-electron chi connectivity index (χ3n) is 2.47. The van der Waals surface area contributed by atoms with Gasteiger partial charge in [-0.25, -0.2) is 4.39 Å². The van der Waals surface area contributed by atoms with Crippen molar-refractivity contribution >= 4 is 28.8 Å². The number of benzene rings is 1. The largest absolute Gasteiger partial charge is 0.347 e. The number of carbonyl (C=O) groups is 2. The van der Waals surface area contributed by atoms with Gasteiger partial charge in [-0.05, 0) is 29.6 Å². The molecule has 1 heterocycles. The van der Waals surface area contributed by atoms with E-state index in [-0.39, 0.29) is 18.9 Å². The fraction of sp³-hybridized carbons (Fsp3) is 0.143. The summed E-state index contributed by atoms with van der Waals surface area (Å²) in [5, 5.41) is 6.91. The van der Waals surface area contributed by atoms with E-state index < -0.39 is 11.7 Å². The Morgan fingerprint density at radius 1 is 1.15 bits per heavy atom. The zero-order valence-corrected chi connectivity index (χ0v) is 11.4. The molecule has 0 unspecified atom stereocenters. The summed E-state index contributed by atoms with van der Waals surface area (Å²) < 4.78 is 12.9. The first-order valence-corrected chi connectivity index (χ1v) is 6.86. The number of rotatable bonds is 5. The van der Waals surface area contributed by atoms with Crippen LogP contribution in [0.1, 0.15) is 4.88 Å². The first-order valence-electron chi connectivity index (χ1n) is 5.98. The Kier molecular flexibility index (Phi) is 4.84. The van der Waals surface area contributed by atoms with Crippen LogP contribution in [0.3, 0.4) is 0 Å². The van der Waals surface area contributed by atoms with Crippen molar-refractivity contribution in [3.63, 3.8) is 0 Å². The molecule has 2 amide bonds. The van der Waals surface area contributed by atoms with E-state index in [1.54, 1.807) is 6.07 Å². The summed E-state index contributed by atoms with van der Waals surface area (Å²) in [7, 11) is 0. The summed E-state index contributed by atoms with van der Waals surface area (Å²) in [6.45, 7) is -0.138. The highest BCUT2D eigenvalue weighted by atomic mass is 32.1. The number of halogens is 1. The van der Waals surface area contributed by atoms with E-state index in [2.05, 4.69) is 10.6 Å². The lowest BCUT2D eigenvalue weighted by atomic mass is 10.3. The Hall–Kier alpha value is -2.21. The number of hydrogen-bond acceptors (Lipinski definition) is 3. The Labute approximate surface area is 119 Å². The van der Waals surface area contributed by atoms with Crippen LogP contribution >= 0.6 is 11.3 Å². The van der Waals surface area contributed by atoms with Crippen LogP contribution in [-0.4, -0.2) is 18.4 Å². The molecule has 1 aromatic heterocycles. The maximum absolute atomic E-state index is 12.9. The van der Waals surface area contributed by atoms with E-state index in [0.717, 1.165) is 4.88 Å². The van der Waals surface area contributed by atoms with Crippen molar-refractivity contribution in [2.24, 2.45) is 0 Å². The van der Waals surface area contributed by atoms with Crippen LogP contribution in [0.5, 0.6) is 0 Å². The second kappa shape index (κ2) is 6.81. The molecule has 1 aromatic carbocycles. The summed E-state index contributed by atoms with van der Waals surface area (Å²) in [5.41, 5.74) is 0.363. The molecule has 2 N–H and O–H groups in total. The lowest BCUT2D eigenvalue weighted by molar-refractivity contribution is -0.123. The van der Waals surface area contributed by atoms with Crippen molar-refractivity contribution in [2.75, 3.05) is 11.9 Å². The summed E-state index contributed by atoms with van der Waals surface area (Å²) in [6, 6.07) is 9.31. The van der Waals surface area contributed by atoms with Gasteiger partial charge in [-0.2, -0.15) is 0 Å². The van der Waals surface area contributed by atoms with E-state index in [9.17, 15) is 14.0 Å². The van der Waals surface area contributed by atoms with Crippen molar-refractivity contribution in [2.45, 2.75) is 6.42 Å². The standard InChI is InChI=1S/C14H13FN2O2S/c15-10-3-1-4-11(7-10)17-14(19)9-16-13(18)8-12-5-2-6-20-12/h1-7H,8-9H2,(H,16,18)(H,17,19). The predicted octanol–water partition coefficient (Wildman–Crippen LogP) is 2.18. The van der Waals surface area contributed by atoms with Gasteiger partial charge < -0.3 is 10.6 Å². The zero-order valence-electron chi connectivity index (χ0n) is 10.6. The maximum atomic E-state index is 12.9. The molecule has 0 fully saturated rings. The van der Waals surface area contributed by atoms with Crippen LogP contribution in [-0.2, 0) is 16.0 Å². The number of carbonyl (C=O) groups excluding carboxylic acids is 2. The molecule has 0 bridgehead atoms. The average molecular weight is 292 g/mol. The van der Waals surface area contributed by atoms with E-state index in [1.165, 1.54) is 29.5 Å². The minimum atomic E-state index is -0.426. The molecule has 4 nitrogen and oxygen atoms in total. The summed E-state index contributed by atoms with van der Waals surface area (Å²) in [5.74, 6) is -1.04. The van der Waals surface area contributed by atoms with Crippen molar-refractivity contribution in [3.8, 4) is 0 Å². The number of hydrogen-bond donors (Lipinski definition) is 2. The van der Waals surface area contributed by atoms with Gasteiger partial charge in [-0.3, -0.25) is 9.59 Å². The summed E-state index contributed by atoms with van der Waals surface area (Å²) >= 11 is 1.49. The van der Waals surface area contributed by atoms with Crippen LogP contribution in [0.15, 0.2) is 41.8 Å². The van der Waals surface area contributed by atoms with Crippen LogP contribution < -0.4 is 10.6 Å². The van der Waals surface area contributed by atoms with Gasteiger partial charge in [-0.1, -0.05) is 12.1 Å². The average Bonchev–Trinajstić information content (AvgIpc) is 2.89. The third-order valence-corrected chi connectivity index (χ3v) is 3.35. The second-order valence-electron chi connectivity index (χ2n) is 4.09. The first kappa shape index (κ1) is 14.2. The van der Waals surface area contributed by atoms with E-state index >= 15 is 0 Å². The molecule has 20 heavy (non-hydrogen) atoms. The zero-order chi connectivity index (χ0) is 14.4. The van der Waals surface area contributed by atoms with Gasteiger partial charge >= 0.3 is 0 Å². The maximum Gasteiger partial charge on any atom is 0.243 e. The fourth-order valence-electron chi connectivity index (χ4n) is 1.58. The monoisotopic (exact) mass is 292 g/mol. The third kappa shape index (κ3) is 4.47. The molecule has 0 saturated heterocycles. The lowest BCUT2D eigenvalue weighted by Crippen LogP contribution is -2.33. The highest BCUT2D eigenvalue weighted by Gasteiger charge is 2.07. The molecule has 2 rings (SSSR count). The SMILES string of the molecule is O=C(Cc1cccs1)NCC(=O)Nc1cccc(F)c1. The van der Waals surface area contributed by atoms with Gasteiger partial charge in [0.15, 0.2) is 0 Å². The molecule has 2 aromatic rings.